The number of nitrogens with one attached hydrogen (secondary N) is 2. The Balaban J connectivity index is 1.64. The second kappa shape index (κ2) is 9.91. The molecule has 1 aliphatic heterocycles. The van der Waals surface area contributed by atoms with E-state index >= 15 is 0 Å². The average molecular weight is 452 g/mol. The molecule has 0 fully saturated rings. The first-order valence-electron chi connectivity index (χ1n) is 10.5. The maximum Gasteiger partial charge on any atom is 0.257 e. The highest BCUT2D eigenvalue weighted by molar-refractivity contribution is 7.98. The third-order valence-electron chi connectivity index (χ3n) is 5.20. The lowest BCUT2D eigenvalue weighted by Gasteiger charge is -2.25. The first kappa shape index (κ1) is 22.0. The van der Waals surface area contributed by atoms with Crippen molar-refractivity contribution in [2.45, 2.75) is 36.6 Å². The van der Waals surface area contributed by atoms with Gasteiger partial charge in [0.15, 0.2) is 16.7 Å². The first-order valence-corrected chi connectivity index (χ1v) is 11.5. The molecule has 2 N–H and O–H groups in total. The van der Waals surface area contributed by atoms with Crippen molar-refractivity contribution in [2.75, 3.05) is 19.0 Å². The fourth-order valence-corrected chi connectivity index (χ4v) is 4.48. The van der Waals surface area contributed by atoms with E-state index < -0.39 is 5.92 Å². The molecule has 0 bridgehead atoms. The molecule has 0 aliphatic carbocycles. The lowest BCUT2D eigenvalue weighted by Crippen LogP contribution is -2.31. The molecular weight excluding hydrogens is 426 g/mol. The number of benzene rings is 2. The lowest BCUT2D eigenvalue weighted by atomic mass is 9.86. The summed E-state index contributed by atoms with van der Waals surface area (Å²) in [7, 11) is 1.57. The molecule has 4 rings (SSSR count). The van der Waals surface area contributed by atoms with E-state index in [4.69, 9.17) is 9.47 Å². The van der Waals surface area contributed by atoms with Crippen molar-refractivity contribution in [3.05, 3.63) is 75.6 Å². The van der Waals surface area contributed by atoms with Gasteiger partial charge in [-0.2, -0.15) is 0 Å². The number of anilines is 1. The van der Waals surface area contributed by atoms with Crippen LogP contribution >= 0.6 is 11.8 Å². The number of methoxy groups -OCH3 is 1. The van der Waals surface area contributed by atoms with Crippen LogP contribution in [0, 0.1) is 0 Å². The molecule has 1 atom stereocenters. The van der Waals surface area contributed by atoms with E-state index in [1.54, 1.807) is 7.11 Å². The molecule has 1 amide bonds. The molecule has 0 spiro atoms. The summed E-state index contributed by atoms with van der Waals surface area (Å²) in [5, 5.41) is 3.24. The Hall–Kier alpha value is -3.26. The number of aromatic amines is 1. The van der Waals surface area contributed by atoms with Gasteiger partial charge in [0.1, 0.15) is 5.82 Å². The minimum absolute atomic E-state index is 0.159. The van der Waals surface area contributed by atoms with Crippen molar-refractivity contribution in [3.63, 3.8) is 0 Å². The van der Waals surface area contributed by atoms with Gasteiger partial charge in [0, 0.05) is 18.1 Å². The number of rotatable bonds is 8. The quantitative estimate of drug-likeness (QED) is 0.391. The number of thioether (sulfide) groups is 1. The molecule has 1 aromatic heterocycles. The minimum Gasteiger partial charge on any atom is -0.493 e. The summed E-state index contributed by atoms with van der Waals surface area (Å²) in [6, 6.07) is 15.5. The third kappa shape index (κ3) is 4.80. The van der Waals surface area contributed by atoms with Gasteiger partial charge < -0.3 is 19.8 Å². The number of hydrogen-bond acceptors (Lipinski definition) is 6. The van der Waals surface area contributed by atoms with Crippen molar-refractivity contribution in [1.29, 1.82) is 0 Å². The number of nitrogens with zero attached hydrogens (tertiary/aromatic N) is 1. The van der Waals surface area contributed by atoms with Gasteiger partial charge in [-0.25, -0.2) is 4.98 Å². The summed E-state index contributed by atoms with van der Waals surface area (Å²) >= 11 is 1.42. The Morgan fingerprint density at radius 2 is 1.94 bits per heavy atom. The molecule has 166 valence electrons. The Labute approximate surface area is 190 Å². The van der Waals surface area contributed by atoms with Gasteiger partial charge in [-0.1, -0.05) is 55.1 Å². The third-order valence-corrected chi connectivity index (χ3v) is 6.14. The van der Waals surface area contributed by atoms with E-state index in [9.17, 15) is 9.59 Å². The highest BCUT2D eigenvalue weighted by Crippen LogP contribution is 2.38. The standard InChI is InChI=1S/C24H25N3O4S/c1-3-11-31-18-10-9-16(12-19(18)30-2)17-13-20(28)25-22-21(17)23(29)27-24(26-22)32-14-15-7-5-4-6-8-15/h4-10,12,17H,3,11,13-14H2,1-2H3,(H2,25,26,27,28,29)/t17-/m1/s1. The van der Waals surface area contributed by atoms with Crippen LogP contribution in [0.5, 0.6) is 11.5 Å². The van der Waals surface area contributed by atoms with Gasteiger partial charge in [-0.05, 0) is 29.7 Å². The fraction of sp³-hybridized carbons (Fsp3) is 0.292. The Morgan fingerprint density at radius 1 is 1.12 bits per heavy atom. The molecule has 2 heterocycles. The zero-order valence-electron chi connectivity index (χ0n) is 18.0. The highest BCUT2D eigenvalue weighted by Gasteiger charge is 2.31. The van der Waals surface area contributed by atoms with Crippen molar-refractivity contribution in [3.8, 4) is 11.5 Å². The average Bonchev–Trinajstić information content (AvgIpc) is 2.81. The van der Waals surface area contributed by atoms with Gasteiger partial charge >= 0.3 is 0 Å². The summed E-state index contributed by atoms with van der Waals surface area (Å²) in [6.45, 7) is 2.61. The molecule has 0 saturated heterocycles. The monoisotopic (exact) mass is 451 g/mol. The van der Waals surface area contributed by atoms with Gasteiger partial charge in [0.05, 0.1) is 19.3 Å². The van der Waals surface area contributed by atoms with Crippen molar-refractivity contribution < 1.29 is 14.3 Å². The second-order valence-electron chi connectivity index (χ2n) is 7.47. The summed E-state index contributed by atoms with van der Waals surface area (Å²) < 4.78 is 11.2. The van der Waals surface area contributed by atoms with Crippen LogP contribution in [0.1, 0.15) is 42.4 Å². The Bertz CT molecular complexity index is 1160. The molecule has 0 unspecified atom stereocenters. The maximum absolute atomic E-state index is 13.0. The molecule has 1 aliphatic rings. The first-order chi connectivity index (χ1) is 15.6. The van der Waals surface area contributed by atoms with Crippen molar-refractivity contribution in [1.82, 2.24) is 9.97 Å². The predicted octanol–water partition coefficient (Wildman–Crippen LogP) is 4.33. The van der Waals surface area contributed by atoms with Crippen LogP contribution in [0.2, 0.25) is 0 Å². The molecule has 3 aromatic rings. The van der Waals surface area contributed by atoms with E-state index in [0.29, 0.717) is 40.4 Å². The van der Waals surface area contributed by atoms with Gasteiger partial charge in [0.2, 0.25) is 5.91 Å². The van der Waals surface area contributed by atoms with Crippen LogP contribution in [-0.4, -0.2) is 29.6 Å². The number of hydrogen-bond donors (Lipinski definition) is 2. The topological polar surface area (TPSA) is 93.3 Å². The number of aromatic nitrogens is 2. The Kier molecular flexibility index (Phi) is 6.80. The lowest BCUT2D eigenvalue weighted by molar-refractivity contribution is -0.116. The molecule has 7 nitrogen and oxygen atoms in total. The van der Waals surface area contributed by atoms with Crippen LogP contribution < -0.4 is 20.3 Å². The smallest absolute Gasteiger partial charge is 0.257 e. The van der Waals surface area contributed by atoms with Crippen molar-refractivity contribution >= 4 is 23.5 Å². The molecule has 8 heteroatoms. The number of fused-ring (bicyclic) bond motifs is 1. The second-order valence-corrected chi connectivity index (χ2v) is 8.44. The minimum atomic E-state index is -0.419. The molecule has 0 saturated carbocycles. The van der Waals surface area contributed by atoms with E-state index in [-0.39, 0.29) is 17.9 Å². The number of amides is 1. The van der Waals surface area contributed by atoms with Crippen LogP contribution in [0.4, 0.5) is 5.82 Å². The molecule has 2 aromatic carbocycles. The van der Waals surface area contributed by atoms with E-state index in [0.717, 1.165) is 17.5 Å². The van der Waals surface area contributed by atoms with E-state index in [1.165, 1.54) is 11.8 Å². The van der Waals surface area contributed by atoms with E-state index in [2.05, 4.69) is 15.3 Å². The summed E-state index contributed by atoms with van der Waals surface area (Å²) in [5.74, 6) is 1.59. The fourth-order valence-electron chi connectivity index (χ4n) is 3.66. The van der Waals surface area contributed by atoms with Gasteiger partial charge in [-0.3, -0.25) is 9.59 Å². The summed E-state index contributed by atoms with van der Waals surface area (Å²) in [4.78, 5) is 32.9. The molecular formula is C24H25N3O4S. The zero-order valence-corrected chi connectivity index (χ0v) is 18.8. The van der Waals surface area contributed by atoms with Crippen LogP contribution in [-0.2, 0) is 10.5 Å². The maximum atomic E-state index is 13.0. The van der Waals surface area contributed by atoms with Gasteiger partial charge in [0.25, 0.3) is 5.56 Å². The number of ether oxygens (including phenoxy) is 2. The van der Waals surface area contributed by atoms with Crippen LogP contribution in [0.15, 0.2) is 58.5 Å². The largest absolute Gasteiger partial charge is 0.493 e. The zero-order chi connectivity index (χ0) is 22.5. The number of H-pyrrole nitrogens is 1. The SMILES string of the molecule is CCCOc1ccc([C@H]2CC(=O)Nc3nc(SCc4ccccc4)[nH]c(=O)c32)cc1OC. The predicted molar refractivity (Wildman–Crippen MR) is 125 cm³/mol. The highest BCUT2D eigenvalue weighted by atomic mass is 32.2. The normalized spacial score (nSPS) is 15.1. The molecule has 0 radical (unpaired) electrons. The van der Waals surface area contributed by atoms with Crippen molar-refractivity contribution in [2.24, 2.45) is 0 Å². The molecule has 32 heavy (non-hydrogen) atoms. The number of carbonyl (C=O) groups is 1. The van der Waals surface area contributed by atoms with Crippen LogP contribution in [0.25, 0.3) is 0 Å². The summed E-state index contributed by atoms with van der Waals surface area (Å²) in [6.07, 6.45) is 1.04. The summed E-state index contributed by atoms with van der Waals surface area (Å²) in [5.41, 5.74) is 2.13. The van der Waals surface area contributed by atoms with E-state index in [1.807, 2.05) is 55.5 Å². The van der Waals surface area contributed by atoms with Gasteiger partial charge in [-0.15, -0.1) is 0 Å². The van der Waals surface area contributed by atoms with Crippen LogP contribution in [0.3, 0.4) is 0 Å². The Morgan fingerprint density at radius 3 is 2.69 bits per heavy atom. The number of carbonyl (C=O) groups excluding carboxylic acids is 1.